The molecular formula is C17H22N4O3. The number of hydrogen-bond acceptors (Lipinski definition) is 3. The van der Waals surface area contributed by atoms with Gasteiger partial charge in [0.1, 0.15) is 6.04 Å². The van der Waals surface area contributed by atoms with E-state index in [1.54, 1.807) is 6.20 Å². The van der Waals surface area contributed by atoms with Gasteiger partial charge < -0.3 is 9.88 Å². The van der Waals surface area contributed by atoms with Gasteiger partial charge in [-0.05, 0) is 12.0 Å². The zero-order chi connectivity index (χ0) is 17.9. The fourth-order valence-electron chi connectivity index (χ4n) is 2.54. The van der Waals surface area contributed by atoms with Gasteiger partial charge in [-0.3, -0.25) is 25.2 Å². The van der Waals surface area contributed by atoms with Crippen LogP contribution in [-0.2, 0) is 16.6 Å². The molecule has 24 heavy (non-hydrogen) atoms. The number of fused-ring (bicyclic) bond motifs is 1. The van der Waals surface area contributed by atoms with Gasteiger partial charge in [-0.1, -0.05) is 32.0 Å². The van der Waals surface area contributed by atoms with E-state index in [1.807, 2.05) is 49.7 Å². The molecule has 1 atom stereocenters. The van der Waals surface area contributed by atoms with Gasteiger partial charge in [0.2, 0.25) is 5.91 Å². The van der Waals surface area contributed by atoms with Gasteiger partial charge in [0.15, 0.2) is 0 Å². The minimum absolute atomic E-state index is 0.108. The minimum atomic E-state index is -0.713. The Morgan fingerprint density at radius 2 is 1.75 bits per heavy atom. The first-order chi connectivity index (χ1) is 11.3. The Kier molecular flexibility index (Phi) is 5.23. The predicted molar refractivity (Wildman–Crippen MR) is 91.0 cm³/mol. The largest absolute Gasteiger partial charge is 0.350 e. The van der Waals surface area contributed by atoms with Crippen LogP contribution in [-0.4, -0.2) is 28.3 Å². The second kappa shape index (κ2) is 7.16. The van der Waals surface area contributed by atoms with Crippen LogP contribution in [0.2, 0.25) is 0 Å². The summed E-state index contributed by atoms with van der Waals surface area (Å²) in [5.74, 6) is -1.29. The molecule has 0 aliphatic rings. The molecule has 0 saturated heterocycles. The first-order valence-electron chi connectivity index (χ1n) is 7.72. The lowest BCUT2D eigenvalue weighted by atomic mass is 10.0. The second-order valence-electron chi connectivity index (χ2n) is 6.04. The topological polar surface area (TPSA) is 92.2 Å². The van der Waals surface area contributed by atoms with Crippen molar-refractivity contribution in [2.75, 3.05) is 0 Å². The summed E-state index contributed by atoms with van der Waals surface area (Å²) in [6, 6.07) is 6.79. The summed E-state index contributed by atoms with van der Waals surface area (Å²) in [6.45, 7) is 4.97. The average molecular weight is 330 g/mol. The second-order valence-corrected chi connectivity index (χ2v) is 6.04. The Morgan fingerprint density at radius 1 is 1.08 bits per heavy atom. The van der Waals surface area contributed by atoms with E-state index in [-0.39, 0.29) is 11.8 Å². The molecule has 0 aliphatic heterocycles. The molecule has 0 fully saturated rings. The van der Waals surface area contributed by atoms with Gasteiger partial charge in [0.25, 0.3) is 11.8 Å². The monoisotopic (exact) mass is 330 g/mol. The van der Waals surface area contributed by atoms with E-state index in [0.717, 1.165) is 10.9 Å². The number of nitrogens with zero attached hydrogens (tertiary/aromatic N) is 1. The lowest BCUT2D eigenvalue weighted by Crippen LogP contribution is -2.54. The fourth-order valence-corrected chi connectivity index (χ4v) is 2.54. The van der Waals surface area contributed by atoms with Crippen LogP contribution in [0, 0.1) is 5.92 Å². The van der Waals surface area contributed by atoms with Gasteiger partial charge in [-0.15, -0.1) is 0 Å². The first-order valence-corrected chi connectivity index (χ1v) is 7.72. The maximum atomic E-state index is 12.4. The van der Waals surface area contributed by atoms with Crippen LogP contribution < -0.4 is 16.2 Å². The van der Waals surface area contributed by atoms with Crippen molar-refractivity contribution in [1.82, 2.24) is 20.7 Å². The van der Waals surface area contributed by atoms with Crippen molar-refractivity contribution >= 4 is 28.6 Å². The summed E-state index contributed by atoms with van der Waals surface area (Å²) < 4.78 is 1.85. The molecule has 0 bridgehead atoms. The summed E-state index contributed by atoms with van der Waals surface area (Å²) >= 11 is 0. The Bertz CT molecular complexity index is 779. The molecule has 0 aliphatic carbocycles. The van der Waals surface area contributed by atoms with Crippen molar-refractivity contribution in [3.8, 4) is 0 Å². The standard InChI is InChI=1S/C17H22N4O3/c1-10(2)15(18-11(3)22)17(24)20-19-16(23)13-9-21(4)14-8-6-5-7-12(13)14/h5-10,15H,1-4H3,(H,18,22)(H,19,23)(H,20,24). The van der Waals surface area contributed by atoms with Gasteiger partial charge in [0, 0.05) is 31.1 Å². The van der Waals surface area contributed by atoms with Gasteiger partial charge >= 0.3 is 0 Å². The summed E-state index contributed by atoms with van der Waals surface area (Å²) in [7, 11) is 1.85. The fraction of sp³-hybridized carbons (Fsp3) is 0.353. The van der Waals surface area contributed by atoms with Crippen LogP contribution in [0.5, 0.6) is 0 Å². The van der Waals surface area contributed by atoms with E-state index < -0.39 is 17.9 Å². The molecular weight excluding hydrogens is 308 g/mol. The third kappa shape index (κ3) is 3.73. The van der Waals surface area contributed by atoms with Crippen LogP contribution in [0.4, 0.5) is 0 Å². The number of para-hydroxylation sites is 1. The number of benzene rings is 1. The Balaban J connectivity index is 2.09. The predicted octanol–water partition coefficient (Wildman–Crippen LogP) is 1.10. The highest BCUT2D eigenvalue weighted by Gasteiger charge is 2.23. The van der Waals surface area contributed by atoms with E-state index in [4.69, 9.17) is 0 Å². The first kappa shape index (κ1) is 17.5. The van der Waals surface area contributed by atoms with E-state index in [2.05, 4.69) is 16.2 Å². The molecule has 2 aromatic rings. The highest BCUT2D eigenvalue weighted by atomic mass is 16.2. The molecule has 1 unspecified atom stereocenters. The molecule has 0 radical (unpaired) electrons. The Morgan fingerprint density at radius 3 is 2.38 bits per heavy atom. The van der Waals surface area contributed by atoms with Crippen molar-refractivity contribution in [1.29, 1.82) is 0 Å². The quantitative estimate of drug-likeness (QED) is 0.733. The summed E-state index contributed by atoms with van der Waals surface area (Å²) in [4.78, 5) is 35.7. The Labute approximate surface area is 140 Å². The van der Waals surface area contributed by atoms with Crippen LogP contribution in [0.15, 0.2) is 30.5 Å². The molecule has 1 heterocycles. The number of aryl methyl sites for hydroxylation is 1. The lowest BCUT2D eigenvalue weighted by molar-refractivity contribution is -0.129. The van der Waals surface area contributed by atoms with Gasteiger partial charge in [-0.2, -0.15) is 0 Å². The third-order valence-corrected chi connectivity index (χ3v) is 3.75. The van der Waals surface area contributed by atoms with Crippen LogP contribution in [0.1, 0.15) is 31.1 Å². The molecule has 3 amide bonds. The number of amides is 3. The maximum absolute atomic E-state index is 12.4. The molecule has 7 heteroatoms. The molecule has 3 N–H and O–H groups in total. The van der Waals surface area contributed by atoms with Crippen molar-refractivity contribution in [2.45, 2.75) is 26.8 Å². The molecule has 0 spiro atoms. The molecule has 0 saturated carbocycles. The average Bonchev–Trinajstić information content (AvgIpc) is 2.87. The molecule has 1 aromatic heterocycles. The smallest absolute Gasteiger partial charge is 0.271 e. The minimum Gasteiger partial charge on any atom is -0.350 e. The van der Waals surface area contributed by atoms with E-state index in [0.29, 0.717) is 5.56 Å². The van der Waals surface area contributed by atoms with Crippen LogP contribution in [0.25, 0.3) is 10.9 Å². The number of carbonyl (C=O) groups is 3. The Hall–Kier alpha value is -2.83. The van der Waals surface area contributed by atoms with Crippen molar-refractivity contribution < 1.29 is 14.4 Å². The van der Waals surface area contributed by atoms with E-state index >= 15 is 0 Å². The number of hydrogen-bond donors (Lipinski definition) is 3. The van der Waals surface area contributed by atoms with Crippen molar-refractivity contribution in [3.05, 3.63) is 36.0 Å². The van der Waals surface area contributed by atoms with Crippen LogP contribution >= 0.6 is 0 Å². The SMILES string of the molecule is CC(=O)NC(C(=O)NNC(=O)c1cn(C)c2ccccc12)C(C)C. The number of aromatic nitrogens is 1. The highest BCUT2D eigenvalue weighted by molar-refractivity contribution is 6.07. The number of rotatable bonds is 4. The van der Waals surface area contributed by atoms with E-state index in [9.17, 15) is 14.4 Å². The summed E-state index contributed by atoms with van der Waals surface area (Å²) in [5.41, 5.74) is 6.18. The maximum Gasteiger partial charge on any atom is 0.271 e. The zero-order valence-corrected chi connectivity index (χ0v) is 14.2. The van der Waals surface area contributed by atoms with Crippen LogP contribution in [0.3, 0.4) is 0 Å². The van der Waals surface area contributed by atoms with Gasteiger partial charge in [-0.25, -0.2) is 0 Å². The number of nitrogens with one attached hydrogen (secondary N) is 3. The molecule has 7 nitrogen and oxygen atoms in total. The zero-order valence-electron chi connectivity index (χ0n) is 14.2. The highest BCUT2D eigenvalue weighted by Crippen LogP contribution is 2.19. The number of hydrazine groups is 1. The van der Waals surface area contributed by atoms with E-state index in [1.165, 1.54) is 6.92 Å². The van der Waals surface area contributed by atoms with Crippen molar-refractivity contribution in [2.24, 2.45) is 13.0 Å². The molecule has 128 valence electrons. The lowest BCUT2D eigenvalue weighted by Gasteiger charge is -2.20. The molecule has 1 aromatic carbocycles. The summed E-state index contributed by atoms with van der Waals surface area (Å²) in [6.07, 6.45) is 1.71. The normalized spacial score (nSPS) is 12.0. The third-order valence-electron chi connectivity index (χ3n) is 3.75. The summed E-state index contributed by atoms with van der Waals surface area (Å²) in [5, 5.41) is 3.37. The number of carbonyl (C=O) groups excluding carboxylic acids is 3. The van der Waals surface area contributed by atoms with Gasteiger partial charge in [0.05, 0.1) is 5.56 Å². The molecule has 2 rings (SSSR count). The van der Waals surface area contributed by atoms with Crippen molar-refractivity contribution in [3.63, 3.8) is 0 Å².